The number of hydrogen-bond donors (Lipinski definition) is 2. The van der Waals surface area contributed by atoms with Gasteiger partial charge in [-0.2, -0.15) is 0 Å². The number of nitrogens with one attached hydrogen (secondary N) is 1. The molecule has 96 valence electrons. The summed E-state index contributed by atoms with van der Waals surface area (Å²) in [6, 6.07) is 3.73. The van der Waals surface area contributed by atoms with Crippen LogP contribution in [0, 0.1) is 0 Å². The van der Waals surface area contributed by atoms with Crippen LogP contribution in [0.1, 0.15) is 16.6 Å². The van der Waals surface area contributed by atoms with Gasteiger partial charge in [0, 0.05) is 19.3 Å². The first kappa shape index (κ1) is 12.8. The van der Waals surface area contributed by atoms with Crippen LogP contribution in [-0.2, 0) is 4.74 Å². The van der Waals surface area contributed by atoms with E-state index in [1.54, 1.807) is 6.20 Å². The van der Waals surface area contributed by atoms with Crippen molar-refractivity contribution >= 4 is 33.1 Å². The lowest BCUT2D eigenvalue weighted by Crippen LogP contribution is -2.27. The Labute approximate surface area is 109 Å². The zero-order valence-corrected chi connectivity index (χ0v) is 10.9. The molecule has 0 radical (unpaired) electrons. The van der Waals surface area contributed by atoms with Gasteiger partial charge in [0.25, 0.3) is 5.91 Å². The number of carbonyl (C=O) groups is 1. The number of fused-ring (bicyclic) bond motifs is 1. The first-order chi connectivity index (χ1) is 8.74. The summed E-state index contributed by atoms with van der Waals surface area (Å²) in [6.07, 6.45) is 1.67. The highest BCUT2D eigenvalue weighted by atomic mass is 32.1. The Bertz CT molecular complexity index is 553. The number of anilines is 1. The van der Waals surface area contributed by atoms with Crippen molar-refractivity contribution in [1.82, 2.24) is 10.3 Å². The van der Waals surface area contributed by atoms with Gasteiger partial charge in [0.15, 0.2) is 0 Å². The van der Waals surface area contributed by atoms with Gasteiger partial charge in [-0.3, -0.25) is 9.78 Å². The molecular weight excluding hydrogens is 250 g/mol. The average molecular weight is 265 g/mol. The smallest absolute Gasteiger partial charge is 0.263 e. The molecule has 5 nitrogen and oxygen atoms in total. The summed E-state index contributed by atoms with van der Waals surface area (Å²) in [7, 11) is 0. The van der Waals surface area contributed by atoms with Crippen molar-refractivity contribution in [2.45, 2.75) is 6.92 Å². The second kappa shape index (κ2) is 5.79. The Morgan fingerprint density at radius 3 is 3.17 bits per heavy atom. The summed E-state index contributed by atoms with van der Waals surface area (Å²) in [6.45, 7) is 3.54. The van der Waals surface area contributed by atoms with E-state index in [0.717, 1.165) is 4.70 Å². The number of ether oxygens (including phenoxy) is 1. The van der Waals surface area contributed by atoms with Gasteiger partial charge in [-0.05, 0) is 19.1 Å². The highest BCUT2D eigenvalue weighted by molar-refractivity contribution is 7.21. The van der Waals surface area contributed by atoms with Crippen LogP contribution in [0.5, 0.6) is 0 Å². The van der Waals surface area contributed by atoms with E-state index in [1.165, 1.54) is 11.3 Å². The van der Waals surface area contributed by atoms with Gasteiger partial charge in [-0.15, -0.1) is 11.3 Å². The van der Waals surface area contributed by atoms with Crippen LogP contribution < -0.4 is 11.1 Å². The lowest BCUT2D eigenvalue weighted by atomic mass is 10.3. The normalized spacial score (nSPS) is 10.7. The fourth-order valence-electron chi connectivity index (χ4n) is 1.58. The molecule has 3 N–H and O–H groups in total. The van der Waals surface area contributed by atoms with E-state index in [9.17, 15) is 4.79 Å². The number of rotatable bonds is 5. The largest absolute Gasteiger partial charge is 0.396 e. The predicted octanol–water partition coefficient (Wildman–Crippen LogP) is 1.64. The topological polar surface area (TPSA) is 77.2 Å². The SMILES string of the molecule is CCOCCNC(=O)c1sc2cccnc2c1N. The average Bonchev–Trinajstić information content (AvgIpc) is 2.73. The highest BCUT2D eigenvalue weighted by Crippen LogP contribution is 2.31. The number of aromatic nitrogens is 1. The van der Waals surface area contributed by atoms with Crippen LogP contribution >= 0.6 is 11.3 Å². The molecule has 0 aliphatic heterocycles. The number of hydrogen-bond acceptors (Lipinski definition) is 5. The van der Waals surface area contributed by atoms with Crippen molar-refractivity contribution < 1.29 is 9.53 Å². The summed E-state index contributed by atoms with van der Waals surface area (Å²) >= 11 is 1.36. The summed E-state index contributed by atoms with van der Waals surface area (Å²) in [5.41, 5.74) is 7.07. The fourth-order valence-corrected chi connectivity index (χ4v) is 2.58. The maximum Gasteiger partial charge on any atom is 0.263 e. The van der Waals surface area contributed by atoms with E-state index in [-0.39, 0.29) is 5.91 Å². The van der Waals surface area contributed by atoms with E-state index < -0.39 is 0 Å². The van der Waals surface area contributed by atoms with Crippen LogP contribution in [0.3, 0.4) is 0 Å². The molecule has 0 saturated heterocycles. The molecule has 0 bridgehead atoms. The van der Waals surface area contributed by atoms with Gasteiger partial charge in [0.1, 0.15) is 10.4 Å². The van der Waals surface area contributed by atoms with Gasteiger partial charge in [-0.25, -0.2) is 0 Å². The van der Waals surface area contributed by atoms with Crippen LogP contribution in [0.2, 0.25) is 0 Å². The Kier molecular flexibility index (Phi) is 4.11. The van der Waals surface area contributed by atoms with Crippen LogP contribution in [0.4, 0.5) is 5.69 Å². The lowest BCUT2D eigenvalue weighted by molar-refractivity contribution is 0.0927. The van der Waals surface area contributed by atoms with E-state index in [4.69, 9.17) is 10.5 Å². The van der Waals surface area contributed by atoms with E-state index in [0.29, 0.717) is 35.8 Å². The van der Waals surface area contributed by atoms with Gasteiger partial charge in [0.05, 0.1) is 17.0 Å². The molecule has 18 heavy (non-hydrogen) atoms. The number of thiophene rings is 1. The summed E-state index contributed by atoms with van der Waals surface area (Å²) in [5, 5.41) is 2.77. The highest BCUT2D eigenvalue weighted by Gasteiger charge is 2.16. The van der Waals surface area contributed by atoms with E-state index >= 15 is 0 Å². The third kappa shape index (κ3) is 2.60. The number of nitrogens with zero attached hydrogens (tertiary/aromatic N) is 1. The van der Waals surface area contributed by atoms with Crippen molar-refractivity contribution in [3.05, 3.63) is 23.2 Å². The van der Waals surface area contributed by atoms with Crippen molar-refractivity contribution in [3.63, 3.8) is 0 Å². The number of nitrogen functional groups attached to an aromatic ring is 1. The lowest BCUT2D eigenvalue weighted by Gasteiger charge is -2.04. The van der Waals surface area contributed by atoms with Crippen molar-refractivity contribution in [2.75, 3.05) is 25.5 Å². The van der Waals surface area contributed by atoms with E-state index in [2.05, 4.69) is 10.3 Å². The van der Waals surface area contributed by atoms with Crippen LogP contribution in [0.15, 0.2) is 18.3 Å². The first-order valence-electron chi connectivity index (χ1n) is 5.73. The molecule has 6 heteroatoms. The Hall–Kier alpha value is -1.66. The van der Waals surface area contributed by atoms with E-state index in [1.807, 2.05) is 19.1 Å². The Morgan fingerprint density at radius 2 is 2.44 bits per heavy atom. The minimum absolute atomic E-state index is 0.171. The zero-order valence-electron chi connectivity index (χ0n) is 10.1. The molecule has 0 unspecified atom stereocenters. The van der Waals surface area contributed by atoms with Crippen molar-refractivity contribution in [2.24, 2.45) is 0 Å². The minimum Gasteiger partial charge on any atom is -0.396 e. The molecule has 0 atom stereocenters. The molecule has 2 rings (SSSR count). The summed E-state index contributed by atoms with van der Waals surface area (Å²) in [5.74, 6) is -0.171. The number of amides is 1. The summed E-state index contributed by atoms with van der Waals surface area (Å²) in [4.78, 5) is 16.6. The molecular formula is C12H15N3O2S. The number of nitrogens with two attached hydrogens (primary N) is 1. The zero-order chi connectivity index (χ0) is 13.0. The molecule has 1 amide bonds. The quantitative estimate of drug-likeness (QED) is 0.806. The Morgan fingerprint density at radius 1 is 1.61 bits per heavy atom. The molecule has 2 aromatic heterocycles. The van der Waals surface area contributed by atoms with Crippen molar-refractivity contribution in [1.29, 1.82) is 0 Å². The standard InChI is InChI=1S/C12H15N3O2S/c1-2-17-7-6-15-12(16)11-9(13)10-8(18-11)4-3-5-14-10/h3-5H,2,6-7,13H2,1H3,(H,15,16). The maximum absolute atomic E-state index is 11.9. The fraction of sp³-hybridized carbons (Fsp3) is 0.333. The minimum atomic E-state index is -0.171. The molecule has 0 saturated carbocycles. The Balaban J connectivity index is 2.10. The molecule has 2 aromatic rings. The van der Waals surface area contributed by atoms with Gasteiger partial charge in [0.2, 0.25) is 0 Å². The van der Waals surface area contributed by atoms with Gasteiger partial charge < -0.3 is 15.8 Å². The monoisotopic (exact) mass is 265 g/mol. The molecule has 0 aromatic carbocycles. The van der Waals surface area contributed by atoms with Crippen LogP contribution in [0.25, 0.3) is 10.2 Å². The van der Waals surface area contributed by atoms with Gasteiger partial charge in [-0.1, -0.05) is 0 Å². The van der Waals surface area contributed by atoms with Gasteiger partial charge >= 0.3 is 0 Å². The predicted molar refractivity (Wildman–Crippen MR) is 72.9 cm³/mol. The number of carbonyl (C=O) groups excluding carboxylic acids is 1. The third-order valence-corrected chi connectivity index (χ3v) is 3.58. The molecule has 0 aliphatic rings. The first-order valence-corrected chi connectivity index (χ1v) is 6.54. The molecule has 0 fully saturated rings. The second-order valence-electron chi connectivity index (χ2n) is 3.65. The molecule has 0 aliphatic carbocycles. The van der Waals surface area contributed by atoms with Crippen molar-refractivity contribution in [3.8, 4) is 0 Å². The second-order valence-corrected chi connectivity index (χ2v) is 4.70. The molecule has 2 heterocycles. The maximum atomic E-state index is 11.9. The summed E-state index contributed by atoms with van der Waals surface area (Å²) < 4.78 is 6.08. The number of pyridine rings is 1. The molecule has 0 spiro atoms. The van der Waals surface area contributed by atoms with Crippen LogP contribution in [-0.4, -0.2) is 30.6 Å². The third-order valence-electron chi connectivity index (χ3n) is 2.42.